The maximum Gasteiger partial charge on any atom is 0.341 e. The number of pyridine rings is 2. The van der Waals surface area contributed by atoms with Crippen LogP contribution in [0.3, 0.4) is 0 Å². The zero-order valence-corrected chi connectivity index (χ0v) is 17.7. The molecule has 0 amide bonds. The minimum atomic E-state index is -1.42. The third-order valence-electron chi connectivity index (χ3n) is 5.01. The zero-order chi connectivity index (χ0) is 22.8. The molecule has 0 aromatic carbocycles. The van der Waals surface area contributed by atoms with Gasteiger partial charge in [0, 0.05) is 38.0 Å². The average Bonchev–Trinajstić information content (AvgIpc) is 3.27. The zero-order valence-electron chi connectivity index (χ0n) is 16.9. The first-order valence-electron chi connectivity index (χ1n) is 9.58. The smallest absolute Gasteiger partial charge is 0.341 e. The van der Waals surface area contributed by atoms with Crippen molar-refractivity contribution in [3.05, 3.63) is 45.4 Å². The Morgan fingerprint density at radius 2 is 2.25 bits per heavy atom. The van der Waals surface area contributed by atoms with Crippen molar-refractivity contribution in [3.8, 4) is 5.13 Å². The van der Waals surface area contributed by atoms with Crippen molar-refractivity contribution in [2.75, 3.05) is 38.3 Å². The molecule has 0 aliphatic carbocycles. The summed E-state index contributed by atoms with van der Waals surface area (Å²) in [5, 5.41) is 20.4. The highest BCUT2D eigenvalue weighted by atomic mass is 32.1. The number of nitrogens with zero attached hydrogens (tertiary/aromatic N) is 4. The van der Waals surface area contributed by atoms with Gasteiger partial charge in [0.15, 0.2) is 22.4 Å². The Kier molecular flexibility index (Phi) is 6.43. The van der Waals surface area contributed by atoms with Crippen LogP contribution in [0.5, 0.6) is 0 Å². The summed E-state index contributed by atoms with van der Waals surface area (Å²) in [6, 6.07) is 0.914. The maximum absolute atomic E-state index is 14.8. The number of hydroxylamine groups is 1. The number of fused-ring (bicyclic) bond motifs is 1. The molecule has 32 heavy (non-hydrogen) atoms. The molecule has 4 rings (SSSR count). The molecule has 3 aromatic rings. The van der Waals surface area contributed by atoms with E-state index in [4.69, 9.17) is 14.7 Å². The number of carboxylic acids is 1. The van der Waals surface area contributed by atoms with Gasteiger partial charge < -0.3 is 19.8 Å². The van der Waals surface area contributed by atoms with Crippen molar-refractivity contribution in [3.63, 3.8) is 0 Å². The molecule has 0 unspecified atom stereocenters. The fourth-order valence-electron chi connectivity index (χ4n) is 3.25. The summed E-state index contributed by atoms with van der Waals surface area (Å²) in [6.45, 7) is 0.755. The second kappa shape index (κ2) is 9.26. The van der Waals surface area contributed by atoms with Gasteiger partial charge in [-0.05, 0) is 6.07 Å². The predicted molar refractivity (Wildman–Crippen MR) is 113 cm³/mol. The van der Waals surface area contributed by atoms with Gasteiger partial charge in [0.25, 0.3) is 0 Å². The van der Waals surface area contributed by atoms with Crippen LogP contribution in [0.1, 0.15) is 10.4 Å². The van der Waals surface area contributed by atoms with Gasteiger partial charge in [0.1, 0.15) is 11.7 Å². The fraction of sp³-hybridized carbons (Fsp3) is 0.368. The summed E-state index contributed by atoms with van der Waals surface area (Å²) in [6.07, 6.45) is 2.24. The Morgan fingerprint density at radius 1 is 1.47 bits per heavy atom. The molecule has 4 heterocycles. The molecule has 13 heteroatoms. The number of nitrogens with one attached hydrogen (secondary N) is 1. The topological polar surface area (TPSA) is 139 Å². The molecule has 0 saturated carbocycles. The van der Waals surface area contributed by atoms with Crippen LogP contribution in [0.2, 0.25) is 0 Å². The number of hydrogen-bond acceptors (Lipinski definition) is 10. The molecule has 1 aliphatic rings. The van der Waals surface area contributed by atoms with Gasteiger partial charge in [-0.1, -0.05) is 0 Å². The maximum atomic E-state index is 14.8. The predicted octanol–water partition coefficient (Wildman–Crippen LogP) is 0.397. The SMILES string of the molecule is CO[C@H](CO)CONC1CN(c2nc3c(cc2F)c(=O)c(C(=O)O)cn3-c2nccs2)C1. The van der Waals surface area contributed by atoms with Crippen molar-refractivity contribution in [1.29, 1.82) is 0 Å². The third kappa shape index (κ3) is 4.20. The number of hydrogen-bond donors (Lipinski definition) is 3. The fourth-order valence-corrected chi connectivity index (χ4v) is 3.87. The quantitative estimate of drug-likeness (QED) is 0.381. The van der Waals surface area contributed by atoms with Crippen molar-refractivity contribution in [2.24, 2.45) is 0 Å². The van der Waals surface area contributed by atoms with E-state index >= 15 is 0 Å². The Balaban J connectivity index is 1.60. The van der Waals surface area contributed by atoms with Crippen LogP contribution < -0.4 is 15.8 Å². The summed E-state index contributed by atoms with van der Waals surface area (Å²) < 4.78 is 21.2. The second-order valence-electron chi connectivity index (χ2n) is 7.10. The van der Waals surface area contributed by atoms with Crippen molar-refractivity contribution < 1.29 is 29.0 Å². The number of anilines is 1. The van der Waals surface area contributed by atoms with E-state index in [-0.39, 0.29) is 36.1 Å². The van der Waals surface area contributed by atoms with Gasteiger partial charge in [-0.25, -0.2) is 19.2 Å². The lowest BCUT2D eigenvalue weighted by molar-refractivity contribution is -0.0673. The lowest BCUT2D eigenvalue weighted by atomic mass is 10.1. The molecular weight excluding hydrogens is 445 g/mol. The summed E-state index contributed by atoms with van der Waals surface area (Å²) in [7, 11) is 1.47. The van der Waals surface area contributed by atoms with Gasteiger partial charge in [0.05, 0.1) is 24.6 Å². The molecule has 1 saturated heterocycles. The molecule has 0 bridgehead atoms. The lowest BCUT2D eigenvalue weighted by Gasteiger charge is -2.40. The molecule has 170 valence electrons. The molecule has 0 spiro atoms. The number of rotatable bonds is 9. The van der Waals surface area contributed by atoms with E-state index in [0.717, 1.165) is 12.3 Å². The van der Waals surface area contributed by atoms with Crippen LogP contribution >= 0.6 is 11.3 Å². The molecule has 11 nitrogen and oxygen atoms in total. The van der Waals surface area contributed by atoms with Crippen molar-refractivity contribution >= 4 is 34.2 Å². The second-order valence-corrected chi connectivity index (χ2v) is 7.97. The van der Waals surface area contributed by atoms with Gasteiger partial charge in [-0.2, -0.15) is 5.48 Å². The minimum absolute atomic E-state index is 0.0356. The van der Waals surface area contributed by atoms with Crippen molar-refractivity contribution in [1.82, 2.24) is 20.0 Å². The number of aliphatic hydroxyl groups is 1. The number of carbonyl (C=O) groups is 1. The molecule has 3 aromatic heterocycles. The Labute approximate surface area is 184 Å². The highest BCUT2D eigenvalue weighted by Crippen LogP contribution is 2.27. The number of aliphatic hydroxyl groups excluding tert-OH is 1. The third-order valence-corrected chi connectivity index (χ3v) is 5.78. The molecular formula is C19H20FN5O6S. The molecule has 1 aliphatic heterocycles. The van der Waals surface area contributed by atoms with Gasteiger partial charge in [0.2, 0.25) is 5.43 Å². The summed E-state index contributed by atoms with van der Waals surface area (Å²) in [5.41, 5.74) is 1.63. The largest absolute Gasteiger partial charge is 0.477 e. The van der Waals surface area contributed by atoms with E-state index in [1.54, 1.807) is 10.3 Å². The normalized spacial score (nSPS) is 15.2. The highest BCUT2D eigenvalue weighted by molar-refractivity contribution is 7.12. The minimum Gasteiger partial charge on any atom is -0.477 e. The Morgan fingerprint density at radius 3 is 2.88 bits per heavy atom. The number of carboxylic acid groups (broad SMARTS) is 1. The first kappa shape index (κ1) is 22.2. The van der Waals surface area contributed by atoms with E-state index in [0.29, 0.717) is 18.2 Å². The van der Waals surface area contributed by atoms with Crippen molar-refractivity contribution in [2.45, 2.75) is 12.1 Å². The Bertz CT molecular complexity index is 1180. The first-order valence-corrected chi connectivity index (χ1v) is 10.5. The standard InChI is InChI=1S/C19H20FN5O6S/c1-30-11(8-26)9-31-23-10-5-24(6-10)17-14(20)4-12-15(27)13(18(28)29)7-25(16(12)22-17)19-21-2-3-32-19/h2-4,7,10-11,23,26H,5-6,8-9H2,1H3,(H,28,29)/t11-/m1/s1. The van der Waals surface area contributed by atoms with Gasteiger partial charge >= 0.3 is 5.97 Å². The summed E-state index contributed by atoms with van der Waals surface area (Å²) >= 11 is 1.23. The number of ether oxygens (including phenoxy) is 1. The Hall–Kier alpha value is -2.97. The van der Waals surface area contributed by atoms with Gasteiger partial charge in [-0.3, -0.25) is 14.2 Å². The van der Waals surface area contributed by atoms with Crippen LogP contribution in [-0.2, 0) is 9.57 Å². The van der Waals surface area contributed by atoms with Crippen LogP contribution in [0, 0.1) is 5.82 Å². The number of halogens is 1. The van der Waals surface area contributed by atoms with E-state index in [9.17, 15) is 19.1 Å². The average molecular weight is 465 g/mol. The first-order chi connectivity index (χ1) is 15.4. The van der Waals surface area contributed by atoms with E-state index < -0.39 is 28.9 Å². The molecule has 1 fully saturated rings. The van der Waals surface area contributed by atoms with Crippen LogP contribution in [-0.4, -0.2) is 76.3 Å². The molecule has 3 N–H and O–H groups in total. The number of thiazole rings is 1. The van der Waals surface area contributed by atoms with E-state index in [2.05, 4.69) is 15.4 Å². The number of methoxy groups -OCH3 is 1. The summed E-state index contributed by atoms with van der Waals surface area (Å²) in [4.78, 5) is 39.6. The highest BCUT2D eigenvalue weighted by Gasteiger charge is 2.31. The molecule has 0 radical (unpaired) electrons. The monoisotopic (exact) mass is 465 g/mol. The van der Waals surface area contributed by atoms with E-state index in [1.165, 1.54) is 29.2 Å². The summed E-state index contributed by atoms with van der Waals surface area (Å²) in [5.74, 6) is -2.12. The van der Waals surface area contributed by atoms with Gasteiger partial charge in [-0.15, -0.1) is 11.3 Å². The van der Waals surface area contributed by atoms with Crippen LogP contribution in [0.25, 0.3) is 16.2 Å². The van der Waals surface area contributed by atoms with E-state index in [1.807, 2.05) is 0 Å². The number of aromatic nitrogens is 3. The lowest BCUT2D eigenvalue weighted by Crippen LogP contribution is -2.58. The number of aromatic carboxylic acids is 1. The molecule has 1 atom stereocenters. The van der Waals surface area contributed by atoms with Crippen LogP contribution in [0.4, 0.5) is 10.2 Å². The van der Waals surface area contributed by atoms with Crippen LogP contribution in [0.15, 0.2) is 28.6 Å².